The molecule has 0 aliphatic carbocycles. The molecule has 2 aromatic carbocycles. The van der Waals surface area contributed by atoms with E-state index < -0.39 is 6.18 Å². The van der Waals surface area contributed by atoms with E-state index in [0.717, 1.165) is 17.0 Å². The molecule has 0 bridgehead atoms. The molecule has 0 aliphatic heterocycles. The van der Waals surface area contributed by atoms with Gasteiger partial charge in [-0.3, -0.25) is 0 Å². The molecule has 0 aliphatic rings. The van der Waals surface area contributed by atoms with Crippen LogP contribution in [0.5, 0.6) is 0 Å². The van der Waals surface area contributed by atoms with Crippen LogP contribution in [0.25, 0.3) is 0 Å². The highest BCUT2D eigenvalue weighted by Crippen LogP contribution is 2.16. The molecular formula is C20H18BF5N2. The molecule has 8 heteroatoms. The molecule has 1 aromatic heterocycles. The quantitative estimate of drug-likeness (QED) is 0.387. The molecule has 2 nitrogen and oxygen atoms in total. The van der Waals surface area contributed by atoms with E-state index in [9.17, 15) is 22.0 Å². The number of nitrogens with zero attached hydrogens (tertiary/aromatic N) is 1. The minimum absolute atomic E-state index is 0.207. The van der Waals surface area contributed by atoms with Crippen LogP contribution in [0.15, 0.2) is 79.4 Å². The summed E-state index contributed by atoms with van der Waals surface area (Å²) in [6.07, 6.45) is 2.64. The van der Waals surface area contributed by atoms with Crippen molar-refractivity contribution in [3.05, 3.63) is 91.0 Å². The van der Waals surface area contributed by atoms with Gasteiger partial charge >= 0.3 is 6.18 Å². The van der Waals surface area contributed by atoms with Crippen molar-refractivity contribution in [3.63, 3.8) is 0 Å². The lowest BCUT2D eigenvalue weighted by molar-refractivity contribution is -0.0800. The van der Waals surface area contributed by atoms with E-state index in [1.54, 1.807) is 43.0 Å². The Kier molecular flexibility index (Phi) is 7.98. The summed E-state index contributed by atoms with van der Waals surface area (Å²) in [6, 6.07) is 11.6. The van der Waals surface area contributed by atoms with Gasteiger partial charge in [0.15, 0.2) is 0 Å². The first-order chi connectivity index (χ1) is 13.3. The Morgan fingerprint density at radius 3 is 1.79 bits per heavy atom. The minimum atomic E-state index is -4.33. The predicted octanol–water partition coefficient (Wildman–Crippen LogP) is 4.49. The van der Waals surface area contributed by atoms with Gasteiger partial charge in [-0.1, -0.05) is 47.6 Å². The van der Waals surface area contributed by atoms with Crippen molar-refractivity contribution in [1.29, 1.82) is 0 Å². The molecular weight excluding hydrogens is 374 g/mol. The summed E-state index contributed by atoms with van der Waals surface area (Å²) in [6.45, 7) is -0.228. The molecule has 0 atom stereocenters. The van der Waals surface area contributed by atoms with Crippen LogP contribution >= 0.6 is 0 Å². The number of H-pyrrole nitrogens is 1. The topological polar surface area (TPSA) is 28.7 Å². The second-order valence-corrected chi connectivity index (χ2v) is 5.94. The van der Waals surface area contributed by atoms with E-state index in [-0.39, 0.29) is 30.8 Å². The van der Waals surface area contributed by atoms with Gasteiger partial charge in [0.2, 0.25) is 6.71 Å². The number of rotatable bonds is 5. The van der Waals surface area contributed by atoms with E-state index in [4.69, 9.17) is 0 Å². The zero-order valence-corrected chi connectivity index (χ0v) is 14.8. The third kappa shape index (κ3) is 7.78. The SMILES string of the molecule is Fc1ccc(B(CCC=CC(F)(F)F)c2ccc(F)cc2)cc1.c1c[nH]cn1. The summed E-state index contributed by atoms with van der Waals surface area (Å²) in [5.74, 6) is -0.771. The van der Waals surface area contributed by atoms with E-state index in [1.807, 2.05) is 0 Å². The monoisotopic (exact) mass is 392 g/mol. The van der Waals surface area contributed by atoms with Crippen LogP contribution < -0.4 is 10.9 Å². The zero-order valence-electron chi connectivity index (χ0n) is 14.8. The van der Waals surface area contributed by atoms with Crippen LogP contribution in [0.2, 0.25) is 6.32 Å². The Balaban J connectivity index is 0.000000485. The largest absolute Gasteiger partial charge is 0.409 e. The van der Waals surface area contributed by atoms with Gasteiger partial charge in [-0.05, 0) is 30.7 Å². The lowest BCUT2D eigenvalue weighted by Crippen LogP contribution is -2.41. The molecule has 0 unspecified atom stereocenters. The fourth-order valence-corrected chi connectivity index (χ4v) is 2.61. The van der Waals surface area contributed by atoms with E-state index in [0.29, 0.717) is 6.32 Å². The maximum absolute atomic E-state index is 13.1. The summed E-state index contributed by atoms with van der Waals surface area (Å²) < 4.78 is 62.5. The Bertz CT molecular complexity index is 766. The first kappa shape index (κ1) is 21.4. The van der Waals surface area contributed by atoms with Crippen molar-refractivity contribution in [2.75, 3.05) is 0 Å². The third-order valence-corrected chi connectivity index (χ3v) is 3.88. The molecule has 0 spiro atoms. The number of alkyl halides is 3. The fourth-order valence-electron chi connectivity index (χ4n) is 2.61. The van der Waals surface area contributed by atoms with Crippen LogP contribution in [0.4, 0.5) is 22.0 Å². The fraction of sp³-hybridized carbons (Fsp3) is 0.150. The highest BCUT2D eigenvalue weighted by molar-refractivity contribution is 6.85. The number of halogens is 5. The maximum atomic E-state index is 13.1. The van der Waals surface area contributed by atoms with Gasteiger partial charge < -0.3 is 4.98 Å². The van der Waals surface area contributed by atoms with Gasteiger partial charge in [0.25, 0.3) is 0 Å². The van der Waals surface area contributed by atoms with Crippen molar-refractivity contribution >= 4 is 17.6 Å². The van der Waals surface area contributed by atoms with Gasteiger partial charge in [-0.15, -0.1) is 0 Å². The number of aromatic amines is 1. The van der Waals surface area contributed by atoms with Gasteiger partial charge in [0.05, 0.1) is 6.33 Å². The van der Waals surface area contributed by atoms with Crippen molar-refractivity contribution in [1.82, 2.24) is 9.97 Å². The number of imidazole rings is 1. The van der Waals surface area contributed by atoms with Crippen LogP contribution in [0.3, 0.4) is 0 Å². The first-order valence-electron chi connectivity index (χ1n) is 8.53. The first-order valence-corrected chi connectivity index (χ1v) is 8.53. The zero-order chi connectivity index (χ0) is 20.4. The molecule has 3 rings (SSSR count). The van der Waals surface area contributed by atoms with Gasteiger partial charge in [-0.2, -0.15) is 13.2 Å². The molecule has 3 aromatic rings. The number of benzene rings is 2. The second kappa shape index (κ2) is 10.4. The minimum Gasteiger partial charge on any atom is -0.351 e. The van der Waals surface area contributed by atoms with Crippen molar-refractivity contribution in [2.24, 2.45) is 0 Å². The Labute approximate surface area is 160 Å². The smallest absolute Gasteiger partial charge is 0.351 e. The number of allylic oxidation sites excluding steroid dienone is 2. The van der Waals surface area contributed by atoms with Crippen LogP contribution in [-0.2, 0) is 0 Å². The molecule has 0 radical (unpaired) electrons. The number of hydrogen-bond donors (Lipinski definition) is 1. The summed E-state index contributed by atoms with van der Waals surface area (Å²) in [5, 5.41) is 0. The Morgan fingerprint density at radius 2 is 1.43 bits per heavy atom. The van der Waals surface area contributed by atoms with Crippen LogP contribution in [0.1, 0.15) is 6.42 Å². The summed E-state index contributed by atoms with van der Waals surface area (Å²) in [7, 11) is 0. The van der Waals surface area contributed by atoms with Crippen LogP contribution in [0, 0.1) is 11.6 Å². The lowest BCUT2D eigenvalue weighted by Gasteiger charge is -2.14. The highest BCUT2D eigenvalue weighted by atomic mass is 19.4. The molecule has 0 saturated heterocycles. The maximum Gasteiger partial charge on any atom is 0.409 e. The van der Waals surface area contributed by atoms with Gasteiger partial charge in [-0.25, -0.2) is 13.8 Å². The average molecular weight is 392 g/mol. The third-order valence-electron chi connectivity index (χ3n) is 3.88. The van der Waals surface area contributed by atoms with E-state index >= 15 is 0 Å². The molecule has 146 valence electrons. The predicted molar refractivity (Wildman–Crippen MR) is 101 cm³/mol. The van der Waals surface area contributed by atoms with E-state index in [2.05, 4.69) is 9.97 Å². The molecule has 1 N–H and O–H groups in total. The summed E-state index contributed by atoms with van der Waals surface area (Å²) in [5.41, 5.74) is 1.55. The number of nitrogens with one attached hydrogen (secondary N) is 1. The van der Waals surface area contributed by atoms with Crippen molar-refractivity contribution < 1.29 is 22.0 Å². The Hall–Kier alpha value is -2.90. The second-order valence-electron chi connectivity index (χ2n) is 5.94. The highest BCUT2D eigenvalue weighted by Gasteiger charge is 2.22. The normalized spacial score (nSPS) is 11.2. The Morgan fingerprint density at radius 1 is 0.893 bits per heavy atom. The van der Waals surface area contributed by atoms with Crippen molar-refractivity contribution in [3.8, 4) is 0 Å². The van der Waals surface area contributed by atoms with Gasteiger partial charge in [0.1, 0.15) is 11.6 Å². The van der Waals surface area contributed by atoms with E-state index in [1.165, 1.54) is 24.3 Å². The molecule has 0 fully saturated rings. The van der Waals surface area contributed by atoms with Crippen molar-refractivity contribution in [2.45, 2.75) is 18.9 Å². The lowest BCUT2D eigenvalue weighted by atomic mass is 9.38. The van der Waals surface area contributed by atoms with Gasteiger partial charge in [0, 0.05) is 18.5 Å². The summed E-state index contributed by atoms with van der Waals surface area (Å²) >= 11 is 0. The summed E-state index contributed by atoms with van der Waals surface area (Å²) in [4.78, 5) is 6.42. The molecule has 1 heterocycles. The average Bonchev–Trinajstić information content (AvgIpc) is 3.23. The number of hydrogen-bond acceptors (Lipinski definition) is 1. The van der Waals surface area contributed by atoms with Crippen LogP contribution in [-0.4, -0.2) is 22.9 Å². The molecule has 0 saturated carbocycles. The molecule has 28 heavy (non-hydrogen) atoms. The molecule has 0 amide bonds. The standard InChI is InChI=1S/C17H14BF5.C3H4N2/c19-15-7-3-13(4-8-15)18(12-2-1-11-17(21,22)23)14-5-9-16(20)10-6-14;1-2-5-3-4-1/h1,3-11H,2,12H2;1-3H,(H,4,5). The number of aromatic nitrogens is 2.